The van der Waals surface area contributed by atoms with Crippen molar-refractivity contribution in [2.45, 2.75) is 33.2 Å². The van der Waals surface area contributed by atoms with E-state index in [0.29, 0.717) is 54.2 Å². The smallest absolute Gasteiger partial charge is 0.276 e. The van der Waals surface area contributed by atoms with Crippen LogP contribution >= 0.6 is 0 Å². The molecule has 0 radical (unpaired) electrons. The number of rotatable bonds is 4. The van der Waals surface area contributed by atoms with Crippen LogP contribution in [-0.2, 0) is 26.4 Å². The molecule has 0 aliphatic carbocycles. The number of ether oxygens (including phenoxy) is 1. The fraction of sp³-hybridized carbons (Fsp3) is 0.308. The zero-order chi connectivity index (χ0) is 24.0. The van der Waals surface area contributed by atoms with Gasteiger partial charge in [0.1, 0.15) is 17.0 Å². The molecule has 8 nitrogen and oxygen atoms in total. The number of amides is 1. The molecule has 5 rings (SSSR count). The van der Waals surface area contributed by atoms with Crippen LogP contribution in [-0.4, -0.2) is 39.2 Å². The summed E-state index contributed by atoms with van der Waals surface area (Å²) >= 11 is 0. The normalized spacial score (nSPS) is 13.2. The molecule has 1 aliphatic rings. The van der Waals surface area contributed by atoms with E-state index in [2.05, 4.69) is 10.1 Å². The fourth-order valence-electron chi connectivity index (χ4n) is 4.63. The largest absolute Gasteiger partial charge is 0.494 e. The van der Waals surface area contributed by atoms with Gasteiger partial charge in [-0.25, -0.2) is 4.98 Å². The standard InChI is InChI=1S/C26H26N4O4/c1-5-17-13-21(28-34-17)26(32)30-11-10-22-16(14-30)12-20(25(31)29(22)3)18-8-9-23(33-4)24-19(18)7-6-15(2)27-24/h6-9,12-13H,5,10-11,14H2,1-4H3. The van der Waals surface area contributed by atoms with Crippen LogP contribution in [0.25, 0.3) is 22.0 Å². The van der Waals surface area contributed by atoms with Gasteiger partial charge in [0.15, 0.2) is 5.69 Å². The number of benzene rings is 1. The Kier molecular flexibility index (Phi) is 5.43. The highest BCUT2D eigenvalue weighted by Gasteiger charge is 2.27. The van der Waals surface area contributed by atoms with Crippen LogP contribution in [0.4, 0.5) is 0 Å². The van der Waals surface area contributed by atoms with Crippen molar-refractivity contribution in [3.8, 4) is 16.9 Å². The van der Waals surface area contributed by atoms with Crippen LogP contribution in [0, 0.1) is 6.92 Å². The summed E-state index contributed by atoms with van der Waals surface area (Å²) in [7, 11) is 3.40. The number of pyridine rings is 2. The van der Waals surface area contributed by atoms with Gasteiger partial charge in [-0.2, -0.15) is 0 Å². The minimum atomic E-state index is -0.168. The van der Waals surface area contributed by atoms with E-state index >= 15 is 0 Å². The average molecular weight is 459 g/mol. The van der Waals surface area contributed by atoms with Gasteiger partial charge in [0.05, 0.1) is 7.11 Å². The maximum atomic E-state index is 13.4. The zero-order valence-corrected chi connectivity index (χ0v) is 19.7. The van der Waals surface area contributed by atoms with E-state index in [0.717, 1.165) is 27.9 Å². The second kappa shape index (κ2) is 8.44. The lowest BCUT2D eigenvalue weighted by molar-refractivity contribution is 0.0721. The van der Waals surface area contributed by atoms with Gasteiger partial charge in [-0.05, 0) is 42.3 Å². The first-order chi connectivity index (χ1) is 16.4. The predicted molar refractivity (Wildman–Crippen MR) is 128 cm³/mol. The molecule has 0 fully saturated rings. The number of fused-ring (bicyclic) bond motifs is 2. The molecule has 0 spiro atoms. The molecule has 4 heterocycles. The Morgan fingerprint density at radius 3 is 2.74 bits per heavy atom. The molecule has 0 atom stereocenters. The highest BCUT2D eigenvalue weighted by molar-refractivity contribution is 5.98. The molecule has 8 heteroatoms. The molecule has 1 aliphatic heterocycles. The summed E-state index contributed by atoms with van der Waals surface area (Å²) in [5.41, 5.74) is 5.08. The van der Waals surface area contributed by atoms with E-state index in [-0.39, 0.29) is 11.5 Å². The van der Waals surface area contributed by atoms with Gasteiger partial charge < -0.3 is 18.7 Å². The van der Waals surface area contributed by atoms with Gasteiger partial charge in [0.2, 0.25) is 0 Å². The van der Waals surface area contributed by atoms with Crippen molar-refractivity contribution in [3.05, 3.63) is 75.2 Å². The molecule has 0 saturated carbocycles. The van der Waals surface area contributed by atoms with E-state index in [1.165, 1.54) is 0 Å². The summed E-state index contributed by atoms with van der Waals surface area (Å²) in [6.45, 7) is 4.79. The number of nitrogens with zero attached hydrogens (tertiary/aromatic N) is 4. The van der Waals surface area contributed by atoms with Gasteiger partial charge in [0.25, 0.3) is 11.5 Å². The summed E-state index contributed by atoms with van der Waals surface area (Å²) in [6.07, 6.45) is 1.27. The Bertz CT molecular complexity index is 1480. The lowest BCUT2D eigenvalue weighted by atomic mass is 9.96. The predicted octanol–water partition coefficient (Wildman–Crippen LogP) is 3.67. The Balaban J connectivity index is 1.59. The maximum Gasteiger partial charge on any atom is 0.276 e. The molecule has 1 aromatic carbocycles. The summed E-state index contributed by atoms with van der Waals surface area (Å²) in [6, 6.07) is 11.3. The number of methoxy groups -OCH3 is 1. The van der Waals surface area contributed by atoms with Crippen LogP contribution in [0.2, 0.25) is 0 Å². The second-order valence-corrected chi connectivity index (χ2v) is 8.57. The Hall–Kier alpha value is -3.94. The number of aryl methyl sites for hydroxylation is 2. The highest BCUT2D eigenvalue weighted by atomic mass is 16.5. The maximum absolute atomic E-state index is 13.4. The number of carbonyl (C=O) groups is 1. The van der Waals surface area contributed by atoms with Gasteiger partial charge in [-0.1, -0.05) is 18.1 Å². The second-order valence-electron chi connectivity index (χ2n) is 8.57. The number of hydrogen-bond donors (Lipinski definition) is 0. The Morgan fingerprint density at radius 2 is 2.00 bits per heavy atom. The number of aromatic nitrogens is 3. The van der Waals surface area contributed by atoms with Gasteiger partial charge in [-0.3, -0.25) is 9.59 Å². The highest BCUT2D eigenvalue weighted by Crippen LogP contribution is 2.33. The molecule has 34 heavy (non-hydrogen) atoms. The van der Waals surface area contributed by atoms with Gasteiger partial charge in [0, 0.05) is 61.4 Å². The monoisotopic (exact) mass is 458 g/mol. The van der Waals surface area contributed by atoms with Crippen molar-refractivity contribution < 1.29 is 14.1 Å². The number of hydrogen-bond acceptors (Lipinski definition) is 6. The van der Waals surface area contributed by atoms with Crippen molar-refractivity contribution in [2.24, 2.45) is 7.05 Å². The van der Waals surface area contributed by atoms with Crippen LogP contribution in [0.3, 0.4) is 0 Å². The van der Waals surface area contributed by atoms with Crippen LogP contribution < -0.4 is 10.3 Å². The van der Waals surface area contributed by atoms with Crippen LogP contribution in [0.1, 0.15) is 40.1 Å². The van der Waals surface area contributed by atoms with E-state index in [1.54, 1.807) is 29.7 Å². The average Bonchev–Trinajstić information content (AvgIpc) is 3.34. The first kappa shape index (κ1) is 21.9. The molecule has 0 bridgehead atoms. The molecule has 174 valence electrons. The van der Waals surface area contributed by atoms with Crippen molar-refractivity contribution in [1.82, 2.24) is 19.6 Å². The number of carbonyl (C=O) groups excluding carboxylic acids is 1. The Labute approximate surface area is 196 Å². The molecule has 0 saturated heterocycles. The molecular weight excluding hydrogens is 432 g/mol. The third-order valence-electron chi connectivity index (χ3n) is 6.49. The van der Waals surface area contributed by atoms with Crippen molar-refractivity contribution in [3.63, 3.8) is 0 Å². The topological polar surface area (TPSA) is 90.5 Å². The quantitative estimate of drug-likeness (QED) is 0.464. The molecule has 1 amide bonds. The first-order valence-electron chi connectivity index (χ1n) is 11.3. The SMILES string of the molecule is CCc1cc(C(=O)N2CCc3c(cc(-c4ccc(OC)c5nc(C)ccc45)c(=O)n3C)C2)no1. The van der Waals surface area contributed by atoms with Crippen molar-refractivity contribution in [1.29, 1.82) is 0 Å². The third-order valence-corrected chi connectivity index (χ3v) is 6.49. The van der Waals surface area contributed by atoms with Crippen LogP contribution in [0.5, 0.6) is 5.75 Å². The summed E-state index contributed by atoms with van der Waals surface area (Å²) in [5.74, 6) is 1.17. The lowest BCUT2D eigenvalue weighted by Gasteiger charge is -2.30. The van der Waals surface area contributed by atoms with E-state index in [9.17, 15) is 9.59 Å². The van der Waals surface area contributed by atoms with Crippen molar-refractivity contribution >= 4 is 16.8 Å². The summed E-state index contributed by atoms with van der Waals surface area (Å²) < 4.78 is 12.4. The molecular formula is C26H26N4O4. The molecule has 4 aromatic rings. The third kappa shape index (κ3) is 3.55. The van der Waals surface area contributed by atoms with Crippen LogP contribution in [0.15, 0.2) is 45.7 Å². The minimum Gasteiger partial charge on any atom is -0.494 e. The van der Waals surface area contributed by atoms with E-state index in [1.807, 2.05) is 44.2 Å². The van der Waals surface area contributed by atoms with Gasteiger partial charge in [-0.15, -0.1) is 0 Å². The summed E-state index contributed by atoms with van der Waals surface area (Å²) in [5, 5.41) is 4.78. The minimum absolute atomic E-state index is 0.0744. The Morgan fingerprint density at radius 1 is 1.18 bits per heavy atom. The van der Waals surface area contributed by atoms with Crippen molar-refractivity contribution in [2.75, 3.05) is 13.7 Å². The molecule has 3 aromatic heterocycles. The van der Waals surface area contributed by atoms with E-state index in [4.69, 9.17) is 9.26 Å². The van der Waals surface area contributed by atoms with E-state index < -0.39 is 0 Å². The fourth-order valence-corrected chi connectivity index (χ4v) is 4.63. The zero-order valence-electron chi connectivity index (χ0n) is 19.7. The lowest BCUT2D eigenvalue weighted by Crippen LogP contribution is -2.39. The summed E-state index contributed by atoms with van der Waals surface area (Å²) in [4.78, 5) is 32.8. The molecule has 0 N–H and O–H groups in total. The van der Waals surface area contributed by atoms with Gasteiger partial charge >= 0.3 is 0 Å². The molecule has 0 unspecified atom stereocenters. The first-order valence-corrected chi connectivity index (χ1v) is 11.3.